The second kappa shape index (κ2) is 6.91. The van der Waals surface area contributed by atoms with Gasteiger partial charge in [0.15, 0.2) is 0 Å². The number of nitrogens with zero attached hydrogens (tertiary/aromatic N) is 1. The highest BCUT2D eigenvalue weighted by atomic mass is 19.1. The van der Waals surface area contributed by atoms with Crippen molar-refractivity contribution in [1.82, 2.24) is 4.98 Å². The number of benzene rings is 2. The molecule has 1 aromatic heterocycles. The molecule has 0 saturated carbocycles. The maximum Gasteiger partial charge on any atom is 0.255 e. The van der Waals surface area contributed by atoms with Crippen molar-refractivity contribution in [2.45, 2.75) is 6.92 Å². The number of anilines is 3. The fourth-order valence-corrected chi connectivity index (χ4v) is 2.15. The van der Waals surface area contributed by atoms with Crippen molar-refractivity contribution in [3.63, 3.8) is 0 Å². The molecule has 1 amide bonds. The molecule has 3 aromatic rings. The first-order chi connectivity index (χ1) is 11.6. The van der Waals surface area contributed by atoms with Crippen LogP contribution in [-0.4, -0.2) is 10.9 Å². The number of carbonyl (C=O) groups excluding carboxylic acids is 1. The minimum atomic E-state index is -0.351. The second-order valence-electron chi connectivity index (χ2n) is 5.36. The zero-order valence-corrected chi connectivity index (χ0v) is 13.1. The maximum absolute atomic E-state index is 13.6. The van der Waals surface area contributed by atoms with Crippen LogP contribution in [0.15, 0.2) is 66.9 Å². The van der Waals surface area contributed by atoms with Crippen molar-refractivity contribution in [3.05, 3.63) is 83.8 Å². The lowest BCUT2D eigenvalue weighted by Gasteiger charge is -2.08. The highest BCUT2D eigenvalue weighted by Gasteiger charge is 2.06. The van der Waals surface area contributed by atoms with Crippen LogP contribution < -0.4 is 10.6 Å². The summed E-state index contributed by atoms with van der Waals surface area (Å²) in [5.74, 6) is -0.0592. The summed E-state index contributed by atoms with van der Waals surface area (Å²) in [6.07, 6.45) is 1.52. The van der Waals surface area contributed by atoms with Gasteiger partial charge in [0.2, 0.25) is 0 Å². The highest BCUT2D eigenvalue weighted by Crippen LogP contribution is 2.19. The number of carbonyl (C=O) groups is 1. The van der Waals surface area contributed by atoms with Crippen molar-refractivity contribution in [3.8, 4) is 0 Å². The lowest BCUT2D eigenvalue weighted by atomic mass is 10.1. The van der Waals surface area contributed by atoms with Crippen molar-refractivity contribution in [2.24, 2.45) is 0 Å². The van der Waals surface area contributed by atoms with Crippen LogP contribution >= 0.6 is 0 Å². The Morgan fingerprint density at radius 3 is 2.42 bits per heavy atom. The lowest BCUT2D eigenvalue weighted by molar-refractivity contribution is 0.102. The smallest absolute Gasteiger partial charge is 0.255 e. The third kappa shape index (κ3) is 3.76. The van der Waals surface area contributed by atoms with Crippen LogP contribution in [0.1, 0.15) is 15.9 Å². The summed E-state index contributed by atoms with van der Waals surface area (Å²) in [4.78, 5) is 16.3. The monoisotopic (exact) mass is 321 g/mol. The molecule has 24 heavy (non-hydrogen) atoms. The fraction of sp³-hybridized carbons (Fsp3) is 0.0526. The number of hydrogen-bond donors (Lipinski definition) is 2. The molecule has 0 fully saturated rings. The van der Waals surface area contributed by atoms with Crippen LogP contribution in [0.4, 0.5) is 21.6 Å². The number of hydrogen-bond acceptors (Lipinski definition) is 3. The summed E-state index contributed by atoms with van der Waals surface area (Å²) in [6.45, 7) is 1.97. The topological polar surface area (TPSA) is 54.0 Å². The largest absolute Gasteiger partial charge is 0.338 e. The number of aryl methyl sites for hydroxylation is 1. The van der Waals surface area contributed by atoms with Crippen molar-refractivity contribution < 1.29 is 9.18 Å². The molecule has 2 N–H and O–H groups in total. The van der Waals surface area contributed by atoms with Crippen molar-refractivity contribution in [1.29, 1.82) is 0 Å². The predicted octanol–water partition coefficient (Wildman–Crippen LogP) is 4.53. The third-order valence-corrected chi connectivity index (χ3v) is 3.47. The van der Waals surface area contributed by atoms with Gasteiger partial charge in [-0.15, -0.1) is 0 Å². The first kappa shape index (κ1) is 15.7. The first-order valence-corrected chi connectivity index (χ1v) is 7.47. The van der Waals surface area contributed by atoms with E-state index in [4.69, 9.17) is 0 Å². The zero-order chi connectivity index (χ0) is 16.9. The van der Waals surface area contributed by atoms with E-state index >= 15 is 0 Å². The molecule has 4 nitrogen and oxygen atoms in total. The third-order valence-electron chi connectivity index (χ3n) is 3.47. The minimum absolute atomic E-state index is 0.202. The Hall–Kier alpha value is -3.21. The van der Waals surface area contributed by atoms with Gasteiger partial charge in [0.25, 0.3) is 5.91 Å². The van der Waals surface area contributed by atoms with Crippen LogP contribution in [0.3, 0.4) is 0 Å². The van der Waals surface area contributed by atoms with E-state index in [9.17, 15) is 9.18 Å². The molecule has 0 radical (unpaired) electrons. The lowest BCUT2D eigenvalue weighted by Crippen LogP contribution is -2.12. The van der Waals surface area contributed by atoms with E-state index < -0.39 is 0 Å². The number of halogens is 1. The van der Waals surface area contributed by atoms with Gasteiger partial charge in [-0.3, -0.25) is 4.79 Å². The summed E-state index contributed by atoms with van der Waals surface area (Å²) in [7, 11) is 0. The van der Waals surface area contributed by atoms with Crippen molar-refractivity contribution in [2.75, 3.05) is 10.6 Å². The highest BCUT2D eigenvalue weighted by molar-refractivity contribution is 6.04. The van der Waals surface area contributed by atoms with E-state index in [0.717, 1.165) is 5.56 Å². The number of para-hydroxylation sites is 1. The normalized spacial score (nSPS) is 10.2. The Labute approximate surface area is 139 Å². The Morgan fingerprint density at radius 1 is 1.00 bits per heavy atom. The second-order valence-corrected chi connectivity index (χ2v) is 5.36. The van der Waals surface area contributed by atoms with Gasteiger partial charge in [0, 0.05) is 5.56 Å². The molecule has 0 aliphatic rings. The average molecular weight is 321 g/mol. The minimum Gasteiger partial charge on any atom is -0.338 e. The van der Waals surface area contributed by atoms with E-state index in [1.807, 2.05) is 19.1 Å². The van der Waals surface area contributed by atoms with E-state index in [1.54, 1.807) is 42.5 Å². The van der Waals surface area contributed by atoms with E-state index in [0.29, 0.717) is 22.8 Å². The molecule has 120 valence electrons. The number of pyridine rings is 1. The Bertz CT molecular complexity index is 845. The number of amides is 1. The molecule has 0 aliphatic heterocycles. The molecule has 0 saturated heterocycles. The van der Waals surface area contributed by atoms with Crippen LogP contribution in [0.25, 0.3) is 0 Å². The summed E-state index contributed by atoms with van der Waals surface area (Å²) in [6, 6.07) is 17.1. The maximum atomic E-state index is 13.6. The zero-order valence-electron chi connectivity index (χ0n) is 13.1. The molecule has 0 atom stereocenters. The molecule has 0 aliphatic carbocycles. The van der Waals surface area contributed by atoms with Crippen molar-refractivity contribution >= 4 is 23.1 Å². The molecule has 0 unspecified atom stereocenters. The Morgan fingerprint density at radius 2 is 1.75 bits per heavy atom. The Kier molecular flexibility index (Phi) is 4.52. The summed E-state index contributed by atoms with van der Waals surface area (Å²) in [5.41, 5.74) is 2.59. The molecular formula is C19H16FN3O. The average Bonchev–Trinajstić information content (AvgIpc) is 2.59. The van der Waals surface area contributed by atoms with Gasteiger partial charge >= 0.3 is 0 Å². The van der Waals surface area contributed by atoms with Crippen LogP contribution in [0.2, 0.25) is 0 Å². The van der Waals surface area contributed by atoms with Crippen LogP contribution in [-0.2, 0) is 0 Å². The van der Waals surface area contributed by atoms with E-state index in [1.165, 1.54) is 12.3 Å². The predicted molar refractivity (Wildman–Crippen MR) is 93.1 cm³/mol. The van der Waals surface area contributed by atoms with Gasteiger partial charge in [-0.05, 0) is 43.3 Å². The van der Waals surface area contributed by atoms with Crippen LogP contribution in [0, 0.1) is 12.7 Å². The quantitative estimate of drug-likeness (QED) is 0.742. The van der Waals surface area contributed by atoms with Gasteiger partial charge in [0.05, 0.1) is 17.6 Å². The van der Waals surface area contributed by atoms with Gasteiger partial charge in [-0.1, -0.05) is 29.8 Å². The van der Waals surface area contributed by atoms with E-state index in [2.05, 4.69) is 15.6 Å². The number of nitrogens with one attached hydrogen (secondary N) is 2. The first-order valence-electron chi connectivity index (χ1n) is 7.47. The molecule has 2 aromatic carbocycles. The molecule has 3 rings (SSSR count). The van der Waals surface area contributed by atoms with Gasteiger partial charge in [0.1, 0.15) is 11.6 Å². The SMILES string of the molecule is Cc1ccc(C(=O)Nc2ccc(Nc3ccccc3F)nc2)cc1. The summed E-state index contributed by atoms with van der Waals surface area (Å²) < 4.78 is 13.6. The van der Waals surface area contributed by atoms with E-state index in [-0.39, 0.29) is 11.7 Å². The molecular weight excluding hydrogens is 305 g/mol. The number of rotatable bonds is 4. The molecule has 1 heterocycles. The molecule has 0 spiro atoms. The number of aromatic nitrogens is 1. The van der Waals surface area contributed by atoms with Crippen LogP contribution in [0.5, 0.6) is 0 Å². The fourth-order valence-electron chi connectivity index (χ4n) is 2.15. The summed E-state index contributed by atoms with van der Waals surface area (Å²) in [5, 5.41) is 5.67. The van der Waals surface area contributed by atoms with Gasteiger partial charge < -0.3 is 10.6 Å². The van der Waals surface area contributed by atoms with Gasteiger partial charge in [-0.25, -0.2) is 9.37 Å². The van der Waals surface area contributed by atoms with Gasteiger partial charge in [-0.2, -0.15) is 0 Å². The summed E-state index contributed by atoms with van der Waals surface area (Å²) >= 11 is 0. The standard InChI is InChI=1S/C19H16FN3O/c1-13-6-8-14(9-7-13)19(24)22-15-10-11-18(21-12-15)23-17-5-3-2-4-16(17)20/h2-12H,1H3,(H,21,23)(H,22,24). The molecule has 0 bridgehead atoms. The Balaban J connectivity index is 1.67. The molecule has 5 heteroatoms.